The molecule has 0 unspecified atom stereocenters. The highest BCUT2D eigenvalue weighted by Gasteiger charge is 2.24. The number of carbonyl (C=O) groups is 1. The van der Waals surface area contributed by atoms with Gasteiger partial charge in [0.2, 0.25) is 0 Å². The number of benzene rings is 1. The average molecular weight is 390 g/mol. The highest BCUT2D eigenvalue weighted by atomic mass is 16.3. The van der Waals surface area contributed by atoms with Crippen LogP contribution < -0.4 is 11.1 Å². The first-order valence-corrected chi connectivity index (χ1v) is 9.47. The Balaban J connectivity index is 1.84. The molecule has 148 valence electrons. The maximum Gasteiger partial charge on any atom is 0.257 e. The van der Waals surface area contributed by atoms with Crippen LogP contribution in [0, 0.1) is 5.92 Å². The molecule has 0 aliphatic carbocycles. The molecule has 4 rings (SSSR count). The molecular weight excluding hydrogens is 368 g/mol. The van der Waals surface area contributed by atoms with Crippen LogP contribution in [0.5, 0.6) is 0 Å². The van der Waals surface area contributed by atoms with Gasteiger partial charge in [-0.1, -0.05) is 26.0 Å². The number of nitrogens with one attached hydrogen (secondary N) is 1. The summed E-state index contributed by atoms with van der Waals surface area (Å²) in [5, 5.41) is 7.31. The number of nitrogens with zero attached hydrogens (tertiary/aromatic N) is 4. The van der Waals surface area contributed by atoms with E-state index in [1.165, 1.54) is 10.9 Å². The molecule has 4 aromatic rings. The number of carbonyl (C=O) groups excluding carboxylic acids is 1. The Morgan fingerprint density at radius 3 is 2.69 bits per heavy atom. The topological polar surface area (TPSA) is 111 Å². The second-order valence-corrected chi connectivity index (χ2v) is 7.15. The number of hydrogen-bond donors (Lipinski definition) is 2. The van der Waals surface area contributed by atoms with Crippen molar-refractivity contribution < 1.29 is 9.21 Å². The zero-order chi connectivity index (χ0) is 20.4. The van der Waals surface area contributed by atoms with E-state index in [4.69, 9.17) is 10.2 Å². The van der Waals surface area contributed by atoms with Crippen LogP contribution in [0.3, 0.4) is 0 Å². The first kappa shape index (κ1) is 18.7. The van der Waals surface area contributed by atoms with Gasteiger partial charge in [-0.15, -0.1) is 0 Å². The Labute approximate surface area is 167 Å². The van der Waals surface area contributed by atoms with Crippen LogP contribution in [-0.4, -0.2) is 33.3 Å². The van der Waals surface area contributed by atoms with Gasteiger partial charge in [-0.2, -0.15) is 9.78 Å². The summed E-state index contributed by atoms with van der Waals surface area (Å²) < 4.78 is 6.71. The summed E-state index contributed by atoms with van der Waals surface area (Å²) in [5.74, 6) is 0.934. The number of nitrogen functional groups attached to an aromatic ring is 1. The Bertz CT molecular complexity index is 1190. The zero-order valence-electron chi connectivity index (χ0n) is 16.3. The van der Waals surface area contributed by atoms with Gasteiger partial charge < -0.3 is 15.5 Å². The van der Waals surface area contributed by atoms with E-state index in [0.29, 0.717) is 40.4 Å². The molecule has 1 amide bonds. The fourth-order valence-electron chi connectivity index (χ4n) is 3.03. The minimum absolute atomic E-state index is 0.181. The van der Waals surface area contributed by atoms with Crippen molar-refractivity contribution >= 4 is 40.1 Å². The molecule has 3 N–H and O–H groups in total. The fourth-order valence-corrected chi connectivity index (χ4v) is 3.03. The molecule has 3 aromatic heterocycles. The van der Waals surface area contributed by atoms with Crippen molar-refractivity contribution in [3.05, 3.63) is 54.0 Å². The molecule has 0 spiro atoms. The summed E-state index contributed by atoms with van der Waals surface area (Å²) in [5.41, 5.74) is 8.81. The third-order valence-electron chi connectivity index (χ3n) is 4.55. The fraction of sp³-hybridized carbons (Fsp3) is 0.238. The first-order chi connectivity index (χ1) is 14.0. The smallest absolute Gasteiger partial charge is 0.257 e. The van der Waals surface area contributed by atoms with Crippen LogP contribution in [0.2, 0.25) is 0 Å². The summed E-state index contributed by atoms with van der Waals surface area (Å²) >= 11 is 0. The van der Waals surface area contributed by atoms with E-state index in [9.17, 15) is 4.79 Å². The zero-order valence-corrected chi connectivity index (χ0v) is 16.3. The third-order valence-corrected chi connectivity index (χ3v) is 4.55. The molecule has 0 fully saturated rings. The summed E-state index contributed by atoms with van der Waals surface area (Å²) in [6.45, 7) is 4.76. The molecule has 29 heavy (non-hydrogen) atoms. The number of nitrogens with two attached hydrogens (primary N) is 1. The number of para-hydroxylation sites is 2. The molecule has 0 saturated heterocycles. The van der Waals surface area contributed by atoms with E-state index < -0.39 is 0 Å². The highest BCUT2D eigenvalue weighted by Crippen LogP contribution is 2.27. The van der Waals surface area contributed by atoms with Crippen molar-refractivity contribution in [3.8, 4) is 0 Å². The lowest BCUT2D eigenvalue weighted by Gasteiger charge is -2.07. The monoisotopic (exact) mass is 390 g/mol. The van der Waals surface area contributed by atoms with Crippen LogP contribution >= 0.6 is 0 Å². The van der Waals surface area contributed by atoms with E-state index in [0.717, 1.165) is 6.42 Å². The second-order valence-electron chi connectivity index (χ2n) is 7.15. The third kappa shape index (κ3) is 3.69. The second kappa shape index (κ2) is 7.75. The van der Waals surface area contributed by atoms with Crippen molar-refractivity contribution in [1.82, 2.24) is 20.0 Å². The number of aromatic nitrogens is 3. The molecule has 8 heteroatoms. The largest absolute Gasteiger partial charge is 0.463 e. The maximum absolute atomic E-state index is 12.9. The first-order valence-electron chi connectivity index (χ1n) is 9.47. The van der Waals surface area contributed by atoms with Crippen molar-refractivity contribution in [2.75, 3.05) is 12.3 Å². The Morgan fingerprint density at radius 1 is 1.24 bits per heavy atom. The van der Waals surface area contributed by atoms with E-state index in [1.807, 2.05) is 24.3 Å². The van der Waals surface area contributed by atoms with Gasteiger partial charge in [0.25, 0.3) is 5.91 Å². The van der Waals surface area contributed by atoms with Gasteiger partial charge >= 0.3 is 0 Å². The van der Waals surface area contributed by atoms with Crippen LogP contribution in [0.25, 0.3) is 22.2 Å². The molecule has 0 atom stereocenters. The number of fused-ring (bicyclic) bond motifs is 2. The number of hydrogen-bond acceptors (Lipinski definition) is 6. The predicted molar refractivity (Wildman–Crippen MR) is 113 cm³/mol. The lowest BCUT2D eigenvalue weighted by atomic mass is 10.1. The lowest BCUT2D eigenvalue weighted by molar-refractivity contribution is 0.0954. The molecule has 0 aliphatic heterocycles. The summed E-state index contributed by atoms with van der Waals surface area (Å²) in [6.07, 6.45) is 3.95. The van der Waals surface area contributed by atoms with Crippen LogP contribution in [0.15, 0.2) is 52.2 Å². The molecule has 0 aliphatic rings. The molecule has 0 radical (unpaired) electrons. The molecule has 0 saturated carbocycles. The summed E-state index contributed by atoms with van der Waals surface area (Å²) in [4.78, 5) is 22.2. The van der Waals surface area contributed by atoms with Gasteiger partial charge in [0, 0.05) is 6.54 Å². The van der Waals surface area contributed by atoms with Gasteiger partial charge in [-0.05, 0) is 36.6 Å². The molecule has 0 bridgehead atoms. The van der Waals surface area contributed by atoms with E-state index in [1.54, 1.807) is 18.4 Å². The maximum atomic E-state index is 12.9. The Kier molecular flexibility index (Phi) is 4.99. The van der Waals surface area contributed by atoms with Crippen molar-refractivity contribution in [1.29, 1.82) is 0 Å². The van der Waals surface area contributed by atoms with Gasteiger partial charge in [-0.3, -0.25) is 4.79 Å². The number of furan rings is 1. The van der Waals surface area contributed by atoms with E-state index in [2.05, 4.69) is 34.2 Å². The van der Waals surface area contributed by atoms with Crippen molar-refractivity contribution in [3.63, 3.8) is 0 Å². The van der Waals surface area contributed by atoms with Crippen LogP contribution in [0.4, 0.5) is 5.82 Å². The average Bonchev–Trinajstić information content (AvgIpc) is 3.30. The van der Waals surface area contributed by atoms with E-state index in [-0.39, 0.29) is 17.3 Å². The standard InChI is InChI=1S/C21H22N6O2/c1-13(2)9-10-23-21(28)17-18-20(26-16-8-4-3-7-15(16)25-18)27(19(17)22)24-12-14-6-5-11-29-14/h3-8,11-13H,9-10,22H2,1-2H3,(H,23,28). The minimum atomic E-state index is -0.287. The van der Waals surface area contributed by atoms with Gasteiger partial charge in [0.05, 0.1) is 23.5 Å². The van der Waals surface area contributed by atoms with Crippen LogP contribution in [-0.2, 0) is 0 Å². The molecule has 8 nitrogen and oxygen atoms in total. The Hall–Kier alpha value is -3.68. The molecule has 1 aromatic carbocycles. The predicted octanol–water partition coefficient (Wildman–Crippen LogP) is 3.42. The molecule has 3 heterocycles. The Morgan fingerprint density at radius 2 is 2.00 bits per heavy atom. The minimum Gasteiger partial charge on any atom is -0.463 e. The normalized spacial score (nSPS) is 11.8. The highest BCUT2D eigenvalue weighted by molar-refractivity contribution is 6.10. The van der Waals surface area contributed by atoms with Gasteiger partial charge in [0.1, 0.15) is 22.7 Å². The van der Waals surface area contributed by atoms with E-state index >= 15 is 0 Å². The molecular formula is C21H22N6O2. The van der Waals surface area contributed by atoms with Crippen molar-refractivity contribution in [2.24, 2.45) is 11.0 Å². The summed E-state index contributed by atoms with van der Waals surface area (Å²) in [7, 11) is 0. The van der Waals surface area contributed by atoms with Crippen molar-refractivity contribution in [2.45, 2.75) is 20.3 Å². The SMILES string of the molecule is CC(C)CCNC(=O)c1c(N)n(N=Cc2ccco2)c2nc3ccccc3nc12. The van der Waals surface area contributed by atoms with Crippen LogP contribution in [0.1, 0.15) is 36.4 Å². The van der Waals surface area contributed by atoms with Gasteiger partial charge in [0.15, 0.2) is 5.65 Å². The number of amides is 1. The number of rotatable bonds is 6. The van der Waals surface area contributed by atoms with Gasteiger partial charge in [-0.25, -0.2) is 9.97 Å². The quantitative estimate of drug-likeness (QED) is 0.490. The lowest BCUT2D eigenvalue weighted by Crippen LogP contribution is -2.26. The number of anilines is 1. The summed E-state index contributed by atoms with van der Waals surface area (Å²) in [6, 6.07) is 11.0.